The fourth-order valence-electron chi connectivity index (χ4n) is 3.10. The van der Waals surface area contributed by atoms with E-state index in [9.17, 15) is 4.79 Å². The predicted octanol–water partition coefficient (Wildman–Crippen LogP) is 3.63. The number of fused-ring (bicyclic) bond motifs is 1. The average Bonchev–Trinajstić information content (AvgIpc) is 2.41. The van der Waals surface area contributed by atoms with Crippen LogP contribution in [-0.4, -0.2) is 24.6 Å². The SMILES string of the molecule is COC1CCC2(CC1)CC(=O)c1cc(Cl)ccc1O2. The molecule has 0 amide bonds. The molecule has 1 fully saturated rings. The van der Waals surface area contributed by atoms with Crippen molar-refractivity contribution in [3.8, 4) is 5.75 Å². The Kier molecular flexibility index (Phi) is 3.27. The summed E-state index contributed by atoms with van der Waals surface area (Å²) in [7, 11) is 1.74. The van der Waals surface area contributed by atoms with Gasteiger partial charge in [0, 0.05) is 12.1 Å². The van der Waals surface area contributed by atoms with Crippen molar-refractivity contribution in [1.82, 2.24) is 0 Å². The highest BCUT2D eigenvalue weighted by Gasteiger charge is 2.43. The van der Waals surface area contributed by atoms with E-state index >= 15 is 0 Å². The lowest BCUT2D eigenvalue weighted by atomic mass is 9.77. The third-order valence-electron chi connectivity index (χ3n) is 4.23. The summed E-state index contributed by atoms with van der Waals surface area (Å²) < 4.78 is 11.5. The van der Waals surface area contributed by atoms with Crippen LogP contribution in [0.1, 0.15) is 42.5 Å². The highest BCUT2D eigenvalue weighted by molar-refractivity contribution is 6.31. The fraction of sp³-hybridized carbons (Fsp3) is 0.533. The maximum Gasteiger partial charge on any atom is 0.170 e. The van der Waals surface area contributed by atoms with Crippen LogP contribution < -0.4 is 4.74 Å². The lowest BCUT2D eigenvalue weighted by Gasteiger charge is -2.42. The number of carbonyl (C=O) groups excluding carboxylic acids is 1. The molecule has 1 aliphatic heterocycles. The molecule has 4 heteroatoms. The zero-order valence-corrected chi connectivity index (χ0v) is 11.7. The largest absolute Gasteiger partial charge is 0.486 e. The van der Waals surface area contributed by atoms with Crippen molar-refractivity contribution in [2.24, 2.45) is 0 Å². The molecule has 0 unspecified atom stereocenters. The number of methoxy groups -OCH3 is 1. The number of ether oxygens (including phenoxy) is 2. The molecule has 0 aromatic heterocycles. The second-order valence-electron chi connectivity index (χ2n) is 5.46. The van der Waals surface area contributed by atoms with Crippen LogP contribution in [0.3, 0.4) is 0 Å². The molecule has 19 heavy (non-hydrogen) atoms. The van der Waals surface area contributed by atoms with E-state index in [0.717, 1.165) is 25.7 Å². The Bertz CT molecular complexity index is 504. The van der Waals surface area contributed by atoms with Crippen LogP contribution >= 0.6 is 11.6 Å². The minimum absolute atomic E-state index is 0.139. The fourth-order valence-corrected chi connectivity index (χ4v) is 3.27. The first-order valence-corrected chi connectivity index (χ1v) is 7.04. The van der Waals surface area contributed by atoms with E-state index in [1.54, 1.807) is 25.3 Å². The van der Waals surface area contributed by atoms with E-state index in [0.29, 0.717) is 28.9 Å². The highest BCUT2D eigenvalue weighted by Crippen LogP contribution is 2.42. The smallest absolute Gasteiger partial charge is 0.170 e. The van der Waals surface area contributed by atoms with Crippen LogP contribution in [0.25, 0.3) is 0 Å². The Morgan fingerprint density at radius 1 is 1.37 bits per heavy atom. The predicted molar refractivity (Wildman–Crippen MR) is 73.0 cm³/mol. The Labute approximate surface area is 117 Å². The standard InChI is InChI=1S/C15H17ClO3/c1-18-11-4-6-15(7-5-11)9-13(17)12-8-10(16)2-3-14(12)19-15/h2-3,8,11H,4-7,9H2,1H3. The van der Waals surface area contributed by atoms with E-state index < -0.39 is 0 Å². The van der Waals surface area contributed by atoms with Gasteiger partial charge in [-0.2, -0.15) is 0 Å². The Morgan fingerprint density at radius 2 is 2.11 bits per heavy atom. The highest BCUT2D eigenvalue weighted by atomic mass is 35.5. The zero-order valence-electron chi connectivity index (χ0n) is 10.9. The molecular weight excluding hydrogens is 264 g/mol. The summed E-state index contributed by atoms with van der Waals surface area (Å²) in [4.78, 5) is 12.3. The van der Waals surface area contributed by atoms with Crippen molar-refractivity contribution < 1.29 is 14.3 Å². The number of benzene rings is 1. The van der Waals surface area contributed by atoms with Crippen molar-refractivity contribution in [2.75, 3.05) is 7.11 Å². The second kappa shape index (κ2) is 4.80. The molecule has 3 nitrogen and oxygen atoms in total. The maximum atomic E-state index is 12.3. The van der Waals surface area contributed by atoms with Crippen molar-refractivity contribution in [2.45, 2.75) is 43.8 Å². The van der Waals surface area contributed by atoms with Gasteiger partial charge in [0.05, 0.1) is 18.1 Å². The van der Waals surface area contributed by atoms with Crippen LogP contribution in [0.15, 0.2) is 18.2 Å². The first-order chi connectivity index (χ1) is 9.12. The molecule has 1 spiro atoms. The number of hydrogen-bond donors (Lipinski definition) is 0. The molecule has 1 aromatic carbocycles. The van der Waals surface area contributed by atoms with Gasteiger partial charge in [-0.05, 0) is 43.9 Å². The number of hydrogen-bond acceptors (Lipinski definition) is 3. The third kappa shape index (κ3) is 2.37. The number of carbonyl (C=O) groups is 1. The van der Waals surface area contributed by atoms with E-state index in [2.05, 4.69) is 0 Å². The quantitative estimate of drug-likeness (QED) is 0.788. The van der Waals surface area contributed by atoms with Gasteiger partial charge in [-0.25, -0.2) is 0 Å². The number of rotatable bonds is 1. The second-order valence-corrected chi connectivity index (χ2v) is 5.90. The van der Waals surface area contributed by atoms with E-state index in [1.165, 1.54) is 0 Å². The average molecular weight is 281 g/mol. The van der Waals surface area contributed by atoms with Gasteiger partial charge in [0.2, 0.25) is 0 Å². The van der Waals surface area contributed by atoms with E-state index in [1.807, 2.05) is 0 Å². The van der Waals surface area contributed by atoms with Gasteiger partial charge in [0.1, 0.15) is 11.4 Å². The summed E-state index contributed by atoms with van der Waals surface area (Å²) in [6.07, 6.45) is 4.41. The van der Waals surface area contributed by atoms with Gasteiger partial charge in [-0.1, -0.05) is 11.6 Å². The molecule has 1 heterocycles. The minimum atomic E-state index is -0.326. The molecule has 1 aromatic rings. The van der Waals surface area contributed by atoms with Gasteiger partial charge in [-0.15, -0.1) is 0 Å². The molecule has 0 N–H and O–H groups in total. The Morgan fingerprint density at radius 3 is 2.79 bits per heavy atom. The number of halogens is 1. The molecule has 3 rings (SSSR count). The van der Waals surface area contributed by atoms with Crippen LogP contribution in [0.5, 0.6) is 5.75 Å². The minimum Gasteiger partial charge on any atom is -0.486 e. The van der Waals surface area contributed by atoms with Crippen LogP contribution in [-0.2, 0) is 4.74 Å². The topological polar surface area (TPSA) is 35.5 Å². The number of ketones is 1. The van der Waals surface area contributed by atoms with Gasteiger partial charge in [-0.3, -0.25) is 4.79 Å². The van der Waals surface area contributed by atoms with Crippen molar-refractivity contribution in [3.63, 3.8) is 0 Å². The third-order valence-corrected chi connectivity index (χ3v) is 4.46. The first-order valence-electron chi connectivity index (χ1n) is 6.66. The van der Waals surface area contributed by atoms with E-state index in [-0.39, 0.29) is 11.4 Å². The molecule has 1 saturated carbocycles. The summed E-state index contributed by atoms with van der Waals surface area (Å²) in [5.41, 5.74) is 0.291. The molecular formula is C15H17ClO3. The van der Waals surface area contributed by atoms with Crippen LogP contribution in [0, 0.1) is 0 Å². The molecule has 1 aliphatic carbocycles. The van der Waals surface area contributed by atoms with Crippen molar-refractivity contribution in [3.05, 3.63) is 28.8 Å². The van der Waals surface area contributed by atoms with Gasteiger partial charge in [0.15, 0.2) is 5.78 Å². The van der Waals surface area contributed by atoms with Gasteiger partial charge < -0.3 is 9.47 Å². The summed E-state index contributed by atoms with van der Waals surface area (Å²) >= 11 is 5.93. The van der Waals surface area contributed by atoms with Gasteiger partial charge >= 0.3 is 0 Å². The summed E-state index contributed by atoms with van der Waals surface area (Å²) in [6.45, 7) is 0. The Balaban J connectivity index is 1.85. The molecule has 102 valence electrons. The summed E-state index contributed by atoms with van der Waals surface area (Å²) in [6, 6.07) is 5.28. The zero-order chi connectivity index (χ0) is 13.5. The molecule has 0 saturated heterocycles. The monoisotopic (exact) mass is 280 g/mol. The molecule has 0 radical (unpaired) electrons. The van der Waals surface area contributed by atoms with Gasteiger partial charge in [0.25, 0.3) is 0 Å². The lowest BCUT2D eigenvalue weighted by molar-refractivity contribution is -0.0320. The first kappa shape index (κ1) is 12.9. The maximum absolute atomic E-state index is 12.3. The lowest BCUT2D eigenvalue weighted by Crippen LogP contribution is -2.46. The van der Waals surface area contributed by atoms with Crippen molar-refractivity contribution >= 4 is 17.4 Å². The summed E-state index contributed by atoms with van der Waals surface area (Å²) in [5.74, 6) is 0.816. The van der Waals surface area contributed by atoms with Crippen molar-refractivity contribution in [1.29, 1.82) is 0 Å². The molecule has 0 bridgehead atoms. The van der Waals surface area contributed by atoms with Crippen LogP contribution in [0.2, 0.25) is 5.02 Å². The number of Topliss-reactive ketones (excluding diaryl/α,β-unsaturated/α-hetero) is 1. The normalized spacial score (nSPS) is 30.0. The Hall–Kier alpha value is -1.06. The summed E-state index contributed by atoms with van der Waals surface area (Å²) in [5, 5.41) is 0.578. The molecule has 0 atom stereocenters. The van der Waals surface area contributed by atoms with Crippen LogP contribution in [0.4, 0.5) is 0 Å². The molecule has 2 aliphatic rings. The van der Waals surface area contributed by atoms with E-state index in [4.69, 9.17) is 21.1 Å².